The van der Waals surface area contributed by atoms with Gasteiger partial charge in [0.05, 0.1) is 17.6 Å². The Morgan fingerprint density at radius 1 is 1.35 bits per heavy atom. The molecule has 4 rings (SSSR count). The van der Waals surface area contributed by atoms with Crippen LogP contribution >= 0.6 is 0 Å². The first-order chi connectivity index (χ1) is 14.9. The third kappa shape index (κ3) is 4.10. The smallest absolute Gasteiger partial charge is 0.248 e. The summed E-state index contributed by atoms with van der Waals surface area (Å²) in [5, 5.41) is 18.5. The Labute approximate surface area is 183 Å². The van der Waals surface area contributed by atoms with Gasteiger partial charge in [0.1, 0.15) is 6.04 Å². The first kappa shape index (κ1) is 21.5. The first-order valence-electron chi connectivity index (χ1n) is 11.1. The summed E-state index contributed by atoms with van der Waals surface area (Å²) in [6.07, 6.45) is 6.42. The van der Waals surface area contributed by atoms with E-state index in [0.29, 0.717) is 25.1 Å². The molecule has 0 radical (unpaired) electrons. The van der Waals surface area contributed by atoms with E-state index in [4.69, 9.17) is 0 Å². The van der Waals surface area contributed by atoms with Crippen molar-refractivity contribution in [3.8, 4) is 6.07 Å². The van der Waals surface area contributed by atoms with Gasteiger partial charge in [0.25, 0.3) is 0 Å². The molecule has 2 heterocycles. The quantitative estimate of drug-likeness (QED) is 0.574. The maximum absolute atomic E-state index is 13.4. The molecule has 1 aromatic carbocycles. The van der Waals surface area contributed by atoms with Gasteiger partial charge in [0, 0.05) is 19.6 Å². The second-order valence-electron chi connectivity index (χ2n) is 9.25. The van der Waals surface area contributed by atoms with Crippen molar-refractivity contribution in [3.63, 3.8) is 0 Å². The van der Waals surface area contributed by atoms with Gasteiger partial charge in [0.15, 0.2) is 0 Å². The van der Waals surface area contributed by atoms with Crippen LogP contribution in [0.15, 0.2) is 24.3 Å². The molecule has 2 atom stereocenters. The van der Waals surface area contributed by atoms with Crippen molar-refractivity contribution in [2.45, 2.75) is 45.1 Å². The van der Waals surface area contributed by atoms with Gasteiger partial charge in [-0.25, -0.2) is 5.48 Å². The van der Waals surface area contributed by atoms with Crippen molar-refractivity contribution in [2.24, 2.45) is 11.3 Å². The minimum absolute atomic E-state index is 0.0454. The summed E-state index contributed by atoms with van der Waals surface area (Å²) < 4.78 is 0. The molecule has 31 heavy (non-hydrogen) atoms. The number of benzene rings is 1. The molecule has 0 aromatic heterocycles. The monoisotopic (exact) mass is 422 g/mol. The molecule has 2 N–H and O–H groups in total. The third-order valence-electron chi connectivity index (χ3n) is 7.25. The van der Waals surface area contributed by atoms with Crippen LogP contribution in [-0.2, 0) is 16.0 Å². The number of carbonyl (C=O) groups is 2. The number of rotatable bonds is 4. The van der Waals surface area contributed by atoms with Crippen LogP contribution in [0.4, 0.5) is 0 Å². The predicted molar refractivity (Wildman–Crippen MR) is 116 cm³/mol. The topological polar surface area (TPSA) is 96.7 Å². The number of piperidine rings is 1. The largest absolute Gasteiger partial charge is 0.337 e. The summed E-state index contributed by atoms with van der Waals surface area (Å²) in [5.74, 6) is -1.04. The molecule has 1 aromatic rings. The van der Waals surface area contributed by atoms with Crippen LogP contribution in [-0.4, -0.2) is 59.5 Å². The highest BCUT2D eigenvalue weighted by Crippen LogP contribution is 2.54. The number of hydrogen-bond donors (Lipinski definition) is 2. The number of likely N-dealkylation sites (tertiary alicyclic amines) is 1. The van der Waals surface area contributed by atoms with Crippen LogP contribution in [0, 0.1) is 22.7 Å². The second-order valence-corrected chi connectivity index (χ2v) is 9.25. The molecule has 7 heteroatoms. The summed E-state index contributed by atoms with van der Waals surface area (Å²) in [6, 6.07) is 7.62. The zero-order valence-corrected chi connectivity index (χ0v) is 18.2. The van der Waals surface area contributed by atoms with Crippen LogP contribution in [0.1, 0.15) is 49.3 Å². The summed E-state index contributed by atoms with van der Waals surface area (Å²) in [7, 11) is 1.91. The van der Waals surface area contributed by atoms with Gasteiger partial charge >= 0.3 is 0 Å². The maximum Gasteiger partial charge on any atom is 0.248 e. The number of amides is 2. The van der Waals surface area contributed by atoms with Crippen molar-refractivity contribution in [1.82, 2.24) is 15.3 Å². The predicted octanol–water partition coefficient (Wildman–Crippen LogP) is 2.34. The highest BCUT2D eigenvalue weighted by molar-refractivity contribution is 5.90. The van der Waals surface area contributed by atoms with E-state index >= 15 is 0 Å². The molecule has 1 saturated heterocycles. The molecule has 2 aliphatic heterocycles. The van der Waals surface area contributed by atoms with Crippen molar-refractivity contribution >= 4 is 17.4 Å². The molecule has 2 fully saturated rings. The maximum atomic E-state index is 13.4. The Morgan fingerprint density at radius 3 is 2.71 bits per heavy atom. The molecule has 3 aliphatic rings. The number of hydrogen-bond acceptors (Lipinski definition) is 5. The Bertz CT molecular complexity index is 960. The van der Waals surface area contributed by atoms with Gasteiger partial charge in [-0.2, -0.15) is 5.26 Å². The van der Waals surface area contributed by atoms with E-state index in [0.717, 1.165) is 43.4 Å². The second kappa shape index (κ2) is 8.45. The molecule has 1 spiro atoms. The van der Waals surface area contributed by atoms with E-state index in [9.17, 15) is 20.1 Å². The fraction of sp³-hybridized carbons (Fsp3) is 0.542. The molecular formula is C24H30N4O3. The Kier molecular flexibility index (Phi) is 5.87. The first-order valence-corrected chi connectivity index (χ1v) is 11.1. The minimum Gasteiger partial charge on any atom is -0.337 e. The van der Waals surface area contributed by atoms with E-state index in [1.807, 2.05) is 35.9 Å². The number of aryl methyl sites for hydroxylation is 1. The average molecular weight is 423 g/mol. The third-order valence-corrected chi connectivity index (χ3v) is 7.25. The Balaban J connectivity index is 1.50. The normalized spacial score (nSPS) is 25.0. The lowest BCUT2D eigenvalue weighted by Crippen LogP contribution is -2.59. The molecule has 0 unspecified atom stereocenters. The van der Waals surface area contributed by atoms with Crippen molar-refractivity contribution in [1.29, 1.82) is 5.26 Å². The van der Waals surface area contributed by atoms with Crippen molar-refractivity contribution < 1.29 is 14.8 Å². The van der Waals surface area contributed by atoms with Gasteiger partial charge in [0.2, 0.25) is 11.8 Å². The van der Waals surface area contributed by atoms with E-state index in [1.165, 1.54) is 5.57 Å². The van der Waals surface area contributed by atoms with E-state index in [1.54, 1.807) is 5.48 Å². The molecule has 2 amide bonds. The fourth-order valence-electron chi connectivity index (χ4n) is 5.31. The minimum atomic E-state index is -0.546. The van der Waals surface area contributed by atoms with Crippen molar-refractivity contribution in [3.05, 3.63) is 41.0 Å². The van der Waals surface area contributed by atoms with Crippen LogP contribution < -0.4 is 5.48 Å². The van der Waals surface area contributed by atoms with E-state index in [2.05, 4.69) is 18.2 Å². The Morgan fingerprint density at radius 2 is 2.13 bits per heavy atom. The highest BCUT2D eigenvalue weighted by Gasteiger charge is 2.55. The lowest BCUT2D eigenvalue weighted by Gasteiger charge is -2.43. The molecule has 1 aliphatic carbocycles. The van der Waals surface area contributed by atoms with Crippen LogP contribution in [0.25, 0.3) is 5.57 Å². The van der Waals surface area contributed by atoms with Gasteiger partial charge in [-0.1, -0.05) is 25.1 Å². The number of nitrogens with zero attached hydrogens (tertiary/aromatic N) is 3. The average Bonchev–Trinajstić information content (AvgIpc) is 3.55. The molecule has 164 valence electrons. The highest BCUT2D eigenvalue weighted by atomic mass is 16.5. The van der Waals surface area contributed by atoms with Gasteiger partial charge in [-0.05, 0) is 67.3 Å². The Hall–Kier alpha value is -2.69. The number of hydroxylamine groups is 1. The molecule has 7 nitrogen and oxygen atoms in total. The molecular weight excluding hydrogens is 392 g/mol. The summed E-state index contributed by atoms with van der Waals surface area (Å²) in [4.78, 5) is 29.6. The number of nitrogens with one attached hydrogen (secondary N) is 1. The SMILES string of the molecule is CCc1cc(C2=CCN(C(=O)[C@@H]3[C@@H](C(=O)NO)CC4(CC4)CN3C)CC2)ccc1C#N. The summed E-state index contributed by atoms with van der Waals surface area (Å²) >= 11 is 0. The van der Waals surface area contributed by atoms with Crippen LogP contribution in [0.2, 0.25) is 0 Å². The molecule has 0 bridgehead atoms. The van der Waals surface area contributed by atoms with Gasteiger partial charge < -0.3 is 4.90 Å². The summed E-state index contributed by atoms with van der Waals surface area (Å²) in [6.45, 7) is 3.95. The molecule has 1 saturated carbocycles. The zero-order valence-electron chi connectivity index (χ0n) is 18.2. The van der Waals surface area contributed by atoms with Crippen LogP contribution in [0.5, 0.6) is 0 Å². The lowest BCUT2D eigenvalue weighted by molar-refractivity contribution is -0.150. The number of nitriles is 1. The summed E-state index contributed by atoms with van der Waals surface area (Å²) in [5.41, 5.74) is 5.95. The fourth-order valence-corrected chi connectivity index (χ4v) is 5.31. The van der Waals surface area contributed by atoms with Gasteiger partial charge in [-0.3, -0.25) is 19.7 Å². The van der Waals surface area contributed by atoms with E-state index in [-0.39, 0.29) is 11.3 Å². The zero-order chi connectivity index (χ0) is 22.2. The van der Waals surface area contributed by atoms with Crippen LogP contribution in [0.3, 0.4) is 0 Å². The van der Waals surface area contributed by atoms with Crippen molar-refractivity contribution in [2.75, 3.05) is 26.7 Å². The number of carbonyl (C=O) groups excluding carboxylic acids is 2. The standard InChI is InChI=1S/C24H30N4O3/c1-3-16-12-18(4-5-19(16)14-25)17-6-10-28(11-7-17)23(30)21-20(22(29)26-31)13-24(8-9-24)15-27(21)2/h4-6,12,20-21,31H,3,7-11,13,15H2,1-2H3,(H,26,29)/t20-,21-/m0/s1. The number of likely N-dealkylation sites (N-methyl/N-ethyl adjacent to an activating group) is 1. The lowest BCUT2D eigenvalue weighted by atomic mass is 9.80. The van der Waals surface area contributed by atoms with E-state index < -0.39 is 17.9 Å². The van der Waals surface area contributed by atoms with Gasteiger partial charge in [-0.15, -0.1) is 0 Å².